The Bertz CT molecular complexity index is 1440. The number of carbonyl (C=O) groups excluding carboxylic acids is 1. The van der Waals surface area contributed by atoms with E-state index in [-0.39, 0.29) is 30.4 Å². The molecule has 0 aliphatic carbocycles. The monoisotopic (exact) mass is 459 g/mol. The maximum Gasteiger partial charge on any atom is 0.332 e. The molecule has 0 fully saturated rings. The molecular formula is C27H26FN3O3. The third kappa shape index (κ3) is 4.69. The van der Waals surface area contributed by atoms with Crippen molar-refractivity contribution >= 4 is 16.8 Å². The number of rotatable bonds is 7. The molecule has 0 aliphatic rings. The van der Waals surface area contributed by atoms with Gasteiger partial charge in [0.1, 0.15) is 11.9 Å². The molecule has 3 aromatic carbocycles. The molecule has 4 aromatic rings. The highest BCUT2D eigenvalue weighted by Gasteiger charge is 2.24. The van der Waals surface area contributed by atoms with Crippen molar-refractivity contribution in [1.29, 1.82) is 0 Å². The van der Waals surface area contributed by atoms with Gasteiger partial charge in [0.25, 0.3) is 5.56 Å². The number of carbonyl (C=O) groups is 1. The molecule has 4 rings (SSSR count). The molecule has 174 valence electrons. The number of amides is 1. The van der Waals surface area contributed by atoms with E-state index in [0.717, 1.165) is 16.7 Å². The smallest absolute Gasteiger partial charge is 0.332 e. The average molecular weight is 460 g/mol. The fourth-order valence-electron chi connectivity index (χ4n) is 4.10. The van der Waals surface area contributed by atoms with Crippen LogP contribution in [0.4, 0.5) is 4.39 Å². The van der Waals surface area contributed by atoms with Crippen LogP contribution in [-0.2, 0) is 17.9 Å². The fraction of sp³-hybridized carbons (Fsp3) is 0.222. The minimum Gasteiger partial charge on any atom is -0.350 e. The third-order valence-corrected chi connectivity index (χ3v) is 5.89. The van der Waals surface area contributed by atoms with Gasteiger partial charge in [-0.3, -0.25) is 18.7 Å². The number of nitrogens with zero attached hydrogens (tertiary/aromatic N) is 2. The Kier molecular flexibility index (Phi) is 6.72. The van der Waals surface area contributed by atoms with Crippen LogP contribution in [0.3, 0.4) is 0 Å². The Hall–Kier alpha value is -4.00. The first-order valence-corrected chi connectivity index (χ1v) is 11.2. The van der Waals surface area contributed by atoms with Crippen LogP contribution >= 0.6 is 0 Å². The van der Waals surface area contributed by atoms with E-state index in [1.165, 1.54) is 21.3 Å². The molecule has 1 heterocycles. The summed E-state index contributed by atoms with van der Waals surface area (Å²) in [6.07, 6.45) is 0.349. The van der Waals surface area contributed by atoms with Gasteiger partial charge in [0.05, 0.1) is 17.4 Å². The lowest BCUT2D eigenvalue weighted by Gasteiger charge is -2.22. The zero-order chi connectivity index (χ0) is 24.2. The summed E-state index contributed by atoms with van der Waals surface area (Å²) in [6, 6.07) is 19.6. The van der Waals surface area contributed by atoms with Crippen LogP contribution in [0.2, 0.25) is 0 Å². The van der Waals surface area contributed by atoms with Gasteiger partial charge in [-0.1, -0.05) is 61.0 Å². The summed E-state index contributed by atoms with van der Waals surface area (Å²) in [6.45, 7) is 4.00. The molecule has 0 bridgehead atoms. The van der Waals surface area contributed by atoms with Gasteiger partial charge in [-0.2, -0.15) is 0 Å². The largest absolute Gasteiger partial charge is 0.350 e. The van der Waals surface area contributed by atoms with Crippen molar-refractivity contribution in [1.82, 2.24) is 14.5 Å². The summed E-state index contributed by atoms with van der Waals surface area (Å²) in [7, 11) is 0. The van der Waals surface area contributed by atoms with Crippen LogP contribution in [0.25, 0.3) is 10.9 Å². The molecule has 0 unspecified atom stereocenters. The molecule has 0 saturated carbocycles. The van der Waals surface area contributed by atoms with Gasteiger partial charge in [-0.25, -0.2) is 9.18 Å². The van der Waals surface area contributed by atoms with Crippen molar-refractivity contribution in [3.63, 3.8) is 0 Å². The first-order chi connectivity index (χ1) is 16.4. The molecule has 0 spiro atoms. The summed E-state index contributed by atoms with van der Waals surface area (Å²) >= 11 is 0. The number of hydrogen-bond acceptors (Lipinski definition) is 3. The van der Waals surface area contributed by atoms with E-state index in [4.69, 9.17) is 0 Å². The summed E-state index contributed by atoms with van der Waals surface area (Å²) in [5.41, 5.74) is 1.95. The zero-order valence-electron chi connectivity index (χ0n) is 19.1. The van der Waals surface area contributed by atoms with Crippen molar-refractivity contribution in [3.05, 3.63) is 116 Å². The summed E-state index contributed by atoms with van der Waals surface area (Å²) < 4.78 is 15.8. The molecule has 1 amide bonds. The molecule has 0 radical (unpaired) electrons. The minimum atomic E-state index is -0.819. The zero-order valence-corrected chi connectivity index (χ0v) is 19.1. The van der Waals surface area contributed by atoms with E-state index in [1.807, 2.05) is 50.2 Å². The van der Waals surface area contributed by atoms with Gasteiger partial charge in [-0.15, -0.1) is 0 Å². The number of aryl methyl sites for hydroxylation is 1. The van der Waals surface area contributed by atoms with E-state index in [2.05, 4.69) is 5.32 Å². The lowest BCUT2D eigenvalue weighted by atomic mass is 10.1. The van der Waals surface area contributed by atoms with E-state index in [9.17, 15) is 18.8 Å². The topological polar surface area (TPSA) is 73.1 Å². The van der Waals surface area contributed by atoms with Crippen LogP contribution in [0.1, 0.15) is 36.1 Å². The van der Waals surface area contributed by atoms with Crippen molar-refractivity contribution in [3.8, 4) is 0 Å². The van der Waals surface area contributed by atoms with E-state index in [0.29, 0.717) is 17.3 Å². The minimum absolute atomic E-state index is 0.107. The van der Waals surface area contributed by atoms with Crippen LogP contribution in [-0.4, -0.2) is 15.0 Å². The molecule has 1 N–H and O–H groups in total. The highest BCUT2D eigenvalue weighted by atomic mass is 19.1. The molecule has 0 aliphatic heterocycles. The van der Waals surface area contributed by atoms with Gasteiger partial charge < -0.3 is 5.32 Å². The van der Waals surface area contributed by atoms with Crippen molar-refractivity contribution < 1.29 is 9.18 Å². The molecule has 7 heteroatoms. The first kappa shape index (κ1) is 23.2. The van der Waals surface area contributed by atoms with Crippen molar-refractivity contribution in [2.24, 2.45) is 0 Å². The predicted molar refractivity (Wildman–Crippen MR) is 130 cm³/mol. The summed E-state index contributed by atoms with van der Waals surface area (Å²) in [5, 5.41) is 3.24. The lowest BCUT2D eigenvalue weighted by molar-refractivity contribution is -0.124. The lowest BCUT2D eigenvalue weighted by Crippen LogP contribution is -2.45. The molecule has 34 heavy (non-hydrogen) atoms. The first-order valence-electron chi connectivity index (χ1n) is 11.2. The Morgan fingerprint density at radius 1 is 0.971 bits per heavy atom. The summed E-state index contributed by atoms with van der Waals surface area (Å²) in [4.78, 5) is 40.1. The highest BCUT2D eigenvalue weighted by Crippen LogP contribution is 2.18. The number of hydrogen-bond donors (Lipinski definition) is 1. The Balaban J connectivity index is 1.78. The Morgan fingerprint density at radius 2 is 1.68 bits per heavy atom. The van der Waals surface area contributed by atoms with Gasteiger partial charge >= 0.3 is 5.69 Å². The second-order valence-corrected chi connectivity index (χ2v) is 8.32. The quantitative estimate of drug-likeness (QED) is 0.455. The highest BCUT2D eigenvalue weighted by molar-refractivity contribution is 5.84. The number of halogens is 1. The molecule has 0 saturated heterocycles. The van der Waals surface area contributed by atoms with Gasteiger partial charge in [0.15, 0.2) is 0 Å². The van der Waals surface area contributed by atoms with E-state index >= 15 is 0 Å². The SMILES string of the molecule is CC[C@H](C(=O)NCc1ccc(F)cc1)n1c(=O)n(Cc2ccccc2)c(=O)c2cc(C)ccc21. The molecule has 6 nitrogen and oxygen atoms in total. The van der Waals surface area contributed by atoms with Crippen LogP contribution in [0.5, 0.6) is 0 Å². The summed E-state index contributed by atoms with van der Waals surface area (Å²) in [5.74, 6) is -0.698. The van der Waals surface area contributed by atoms with Crippen LogP contribution < -0.4 is 16.6 Å². The van der Waals surface area contributed by atoms with Gasteiger partial charge in [0, 0.05) is 6.54 Å². The second-order valence-electron chi connectivity index (χ2n) is 8.32. The number of fused-ring (bicyclic) bond motifs is 1. The number of aromatic nitrogens is 2. The van der Waals surface area contributed by atoms with Gasteiger partial charge in [-0.05, 0) is 48.7 Å². The number of benzene rings is 3. The van der Waals surface area contributed by atoms with E-state index < -0.39 is 11.7 Å². The van der Waals surface area contributed by atoms with Gasteiger partial charge in [0.2, 0.25) is 5.91 Å². The molecular weight excluding hydrogens is 433 g/mol. The van der Waals surface area contributed by atoms with Crippen molar-refractivity contribution in [2.75, 3.05) is 0 Å². The Labute approximate surface area is 196 Å². The Morgan fingerprint density at radius 3 is 2.35 bits per heavy atom. The average Bonchev–Trinajstić information content (AvgIpc) is 2.84. The molecule has 1 aromatic heterocycles. The second kappa shape index (κ2) is 9.87. The maximum absolute atomic E-state index is 13.6. The van der Waals surface area contributed by atoms with Crippen molar-refractivity contribution in [2.45, 2.75) is 39.4 Å². The van der Waals surface area contributed by atoms with Crippen LogP contribution in [0, 0.1) is 12.7 Å². The number of nitrogens with one attached hydrogen (secondary N) is 1. The maximum atomic E-state index is 13.6. The normalized spacial score (nSPS) is 12.0. The van der Waals surface area contributed by atoms with E-state index in [1.54, 1.807) is 24.3 Å². The molecule has 1 atom stereocenters. The predicted octanol–water partition coefficient (Wildman–Crippen LogP) is 3.93. The van der Waals surface area contributed by atoms with Crippen LogP contribution in [0.15, 0.2) is 82.4 Å². The fourth-order valence-corrected chi connectivity index (χ4v) is 4.10. The standard InChI is InChI=1S/C27H26FN3O3/c1-3-23(25(32)29-16-19-10-12-21(28)13-11-19)31-24-14-9-18(2)15-22(24)26(33)30(27(31)34)17-20-7-5-4-6-8-20/h4-15,23H,3,16-17H2,1-2H3,(H,29,32)/t23-/m1/s1. The third-order valence-electron chi connectivity index (χ3n) is 5.89.